The highest BCUT2D eigenvalue weighted by Gasteiger charge is 2.26. The van der Waals surface area contributed by atoms with Crippen molar-refractivity contribution in [3.8, 4) is 0 Å². The van der Waals surface area contributed by atoms with E-state index in [-0.39, 0.29) is 12.3 Å². The van der Waals surface area contributed by atoms with E-state index in [1.165, 1.54) is 0 Å². The first-order valence-corrected chi connectivity index (χ1v) is 7.49. The smallest absolute Gasteiger partial charge is 0.303 e. The number of hydrogen-bond acceptors (Lipinski definition) is 3. The summed E-state index contributed by atoms with van der Waals surface area (Å²) in [4.78, 5) is 25.6. The average molecular weight is 291 g/mol. The molecule has 0 aromatic heterocycles. The quantitative estimate of drug-likeness (QED) is 0.906. The number of amides is 1. The van der Waals surface area contributed by atoms with Gasteiger partial charge in [-0.15, -0.1) is 11.8 Å². The third-order valence-electron chi connectivity index (χ3n) is 3.14. The molecule has 20 heavy (non-hydrogen) atoms. The number of carboxylic acid groups (broad SMARTS) is 1. The number of thioether (sulfide) groups is 1. The number of benzene rings is 1. The summed E-state index contributed by atoms with van der Waals surface area (Å²) in [5.41, 5.74) is 1.91. The van der Waals surface area contributed by atoms with Gasteiger partial charge in [-0.05, 0) is 18.9 Å². The van der Waals surface area contributed by atoms with Crippen LogP contribution in [0.5, 0.6) is 0 Å². The van der Waals surface area contributed by atoms with Crippen LogP contribution in [0, 0.1) is 0 Å². The zero-order valence-corrected chi connectivity index (χ0v) is 12.2. The predicted molar refractivity (Wildman–Crippen MR) is 80.1 cm³/mol. The Kier molecular flexibility index (Phi) is 4.84. The molecular formula is C15H17NO3S. The second-order valence-electron chi connectivity index (χ2n) is 4.60. The van der Waals surface area contributed by atoms with Crippen LogP contribution in [0.4, 0.5) is 0 Å². The molecule has 0 bridgehead atoms. The summed E-state index contributed by atoms with van der Waals surface area (Å²) in [7, 11) is 0. The van der Waals surface area contributed by atoms with Crippen LogP contribution in [0.25, 0.3) is 5.70 Å². The van der Waals surface area contributed by atoms with Gasteiger partial charge in [-0.2, -0.15) is 0 Å². The van der Waals surface area contributed by atoms with Crippen molar-refractivity contribution < 1.29 is 14.7 Å². The van der Waals surface area contributed by atoms with Gasteiger partial charge in [-0.25, -0.2) is 0 Å². The van der Waals surface area contributed by atoms with Gasteiger partial charge in [0.05, 0.1) is 11.4 Å². The fourth-order valence-electron chi connectivity index (χ4n) is 2.21. The molecule has 0 atom stereocenters. The molecule has 106 valence electrons. The molecular weight excluding hydrogens is 274 g/mol. The minimum atomic E-state index is -0.828. The van der Waals surface area contributed by atoms with E-state index in [1.807, 2.05) is 37.3 Å². The highest BCUT2D eigenvalue weighted by atomic mass is 32.2. The van der Waals surface area contributed by atoms with Crippen LogP contribution >= 0.6 is 11.8 Å². The maximum absolute atomic E-state index is 12.1. The first-order chi connectivity index (χ1) is 9.59. The van der Waals surface area contributed by atoms with Gasteiger partial charge in [0.25, 0.3) is 0 Å². The monoisotopic (exact) mass is 291 g/mol. The van der Waals surface area contributed by atoms with Crippen LogP contribution in [0.1, 0.15) is 25.3 Å². The van der Waals surface area contributed by atoms with Crippen molar-refractivity contribution in [2.24, 2.45) is 0 Å². The summed E-state index contributed by atoms with van der Waals surface area (Å²) in [5.74, 6) is -0.356. The molecule has 2 rings (SSSR count). The Balaban J connectivity index is 2.23. The Labute approximate surface area is 122 Å². The molecule has 1 amide bonds. The van der Waals surface area contributed by atoms with E-state index in [0.717, 1.165) is 16.2 Å². The van der Waals surface area contributed by atoms with Crippen molar-refractivity contribution in [2.75, 3.05) is 12.3 Å². The van der Waals surface area contributed by atoms with Crippen molar-refractivity contribution in [3.05, 3.63) is 40.8 Å². The van der Waals surface area contributed by atoms with Crippen molar-refractivity contribution in [1.29, 1.82) is 0 Å². The van der Waals surface area contributed by atoms with Crippen molar-refractivity contribution in [3.63, 3.8) is 0 Å². The molecule has 1 aromatic carbocycles. The molecule has 0 aliphatic carbocycles. The van der Waals surface area contributed by atoms with E-state index >= 15 is 0 Å². The third kappa shape index (κ3) is 3.42. The van der Waals surface area contributed by atoms with E-state index in [9.17, 15) is 9.59 Å². The lowest BCUT2D eigenvalue weighted by Crippen LogP contribution is -2.35. The summed E-state index contributed by atoms with van der Waals surface area (Å²) in [6.45, 7) is 2.46. The lowest BCUT2D eigenvalue weighted by atomic mass is 10.1. The maximum atomic E-state index is 12.1. The SMILES string of the molecule is CC1=C(c2ccccc2)N(CCCC(=O)O)C(=O)CS1. The zero-order chi connectivity index (χ0) is 14.5. The molecule has 0 saturated carbocycles. The Hall–Kier alpha value is -1.75. The van der Waals surface area contributed by atoms with Crippen LogP contribution in [-0.2, 0) is 9.59 Å². The second-order valence-corrected chi connectivity index (χ2v) is 5.79. The first kappa shape index (κ1) is 14.7. The number of hydrogen-bond donors (Lipinski definition) is 1. The van der Waals surface area contributed by atoms with Crippen LogP contribution in [0.3, 0.4) is 0 Å². The maximum Gasteiger partial charge on any atom is 0.303 e. The normalized spacial score (nSPS) is 15.7. The van der Waals surface area contributed by atoms with Gasteiger partial charge in [0, 0.05) is 17.9 Å². The number of carbonyl (C=O) groups excluding carboxylic acids is 1. The summed E-state index contributed by atoms with van der Waals surface area (Å²) in [6.07, 6.45) is 0.549. The van der Waals surface area contributed by atoms with Gasteiger partial charge in [0.2, 0.25) is 5.91 Å². The molecule has 1 aromatic rings. The molecule has 0 radical (unpaired) electrons. The highest BCUT2D eigenvalue weighted by molar-refractivity contribution is 8.03. The first-order valence-electron chi connectivity index (χ1n) is 6.51. The van der Waals surface area contributed by atoms with Crippen LogP contribution in [0.15, 0.2) is 35.2 Å². The summed E-state index contributed by atoms with van der Waals surface area (Å²) in [5, 5.41) is 8.72. The Bertz CT molecular complexity index is 539. The third-order valence-corrected chi connectivity index (χ3v) is 4.15. The molecule has 1 heterocycles. The van der Waals surface area contributed by atoms with E-state index in [0.29, 0.717) is 18.7 Å². The molecule has 1 aliphatic rings. The lowest BCUT2D eigenvalue weighted by molar-refractivity contribution is -0.137. The van der Waals surface area contributed by atoms with Gasteiger partial charge in [0.15, 0.2) is 0 Å². The topological polar surface area (TPSA) is 57.6 Å². The van der Waals surface area contributed by atoms with Crippen LogP contribution < -0.4 is 0 Å². The fourth-order valence-corrected chi connectivity index (χ4v) is 3.07. The van der Waals surface area contributed by atoms with Gasteiger partial charge < -0.3 is 10.0 Å². The number of carbonyl (C=O) groups is 2. The summed E-state index contributed by atoms with van der Waals surface area (Å²) in [6, 6.07) is 9.76. The van der Waals surface area contributed by atoms with Gasteiger partial charge in [-0.1, -0.05) is 30.3 Å². The Morgan fingerprint density at radius 3 is 2.70 bits per heavy atom. The Morgan fingerprint density at radius 1 is 1.35 bits per heavy atom. The molecule has 5 heteroatoms. The van der Waals surface area contributed by atoms with Gasteiger partial charge in [-0.3, -0.25) is 9.59 Å². The van der Waals surface area contributed by atoms with E-state index in [1.54, 1.807) is 16.7 Å². The summed E-state index contributed by atoms with van der Waals surface area (Å²) < 4.78 is 0. The van der Waals surface area contributed by atoms with E-state index in [2.05, 4.69) is 0 Å². The molecule has 0 fully saturated rings. The number of carboxylic acids is 1. The van der Waals surface area contributed by atoms with Crippen molar-refractivity contribution in [2.45, 2.75) is 19.8 Å². The number of aliphatic carboxylic acids is 1. The van der Waals surface area contributed by atoms with E-state index in [4.69, 9.17) is 5.11 Å². The zero-order valence-electron chi connectivity index (χ0n) is 11.3. The highest BCUT2D eigenvalue weighted by Crippen LogP contribution is 2.34. The number of rotatable bonds is 5. The average Bonchev–Trinajstić information content (AvgIpc) is 2.43. The largest absolute Gasteiger partial charge is 0.481 e. The van der Waals surface area contributed by atoms with E-state index < -0.39 is 5.97 Å². The Morgan fingerprint density at radius 2 is 2.05 bits per heavy atom. The molecule has 0 unspecified atom stereocenters. The number of nitrogens with zero attached hydrogens (tertiary/aromatic N) is 1. The van der Waals surface area contributed by atoms with Gasteiger partial charge in [0.1, 0.15) is 0 Å². The molecule has 1 aliphatic heterocycles. The molecule has 0 saturated heterocycles. The minimum absolute atomic E-state index is 0.0461. The minimum Gasteiger partial charge on any atom is -0.481 e. The van der Waals surface area contributed by atoms with Crippen LogP contribution in [0.2, 0.25) is 0 Å². The lowest BCUT2D eigenvalue weighted by Gasteiger charge is -2.31. The number of allylic oxidation sites excluding steroid dienone is 1. The van der Waals surface area contributed by atoms with Crippen molar-refractivity contribution in [1.82, 2.24) is 4.90 Å². The second kappa shape index (κ2) is 6.61. The molecule has 1 N–H and O–H groups in total. The molecule has 4 nitrogen and oxygen atoms in total. The summed E-state index contributed by atoms with van der Waals surface area (Å²) >= 11 is 1.54. The van der Waals surface area contributed by atoms with Crippen LogP contribution in [-0.4, -0.2) is 34.2 Å². The fraction of sp³-hybridized carbons (Fsp3) is 0.333. The molecule has 0 spiro atoms. The predicted octanol–water partition coefficient (Wildman–Crippen LogP) is 2.82. The van der Waals surface area contributed by atoms with Crippen molar-refractivity contribution >= 4 is 29.3 Å². The van der Waals surface area contributed by atoms with Gasteiger partial charge >= 0.3 is 5.97 Å². The standard InChI is InChI=1S/C15H17NO3S/c1-11-15(12-6-3-2-4-7-12)16(13(17)10-20-11)9-5-8-14(18)19/h2-4,6-7H,5,8-10H2,1H3,(H,18,19).